The maximum absolute atomic E-state index is 6.01. The molecule has 4 rings (SSSR count). The van der Waals surface area contributed by atoms with Crippen molar-refractivity contribution >= 4 is 0 Å². The van der Waals surface area contributed by atoms with Gasteiger partial charge >= 0.3 is 0 Å². The maximum atomic E-state index is 6.01. The van der Waals surface area contributed by atoms with Gasteiger partial charge in [0, 0.05) is 11.5 Å². The first-order valence-electron chi connectivity index (χ1n) is 9.33. The van der Waals surface area contributed by atoms with Gasteiger partial charge in [0.05, 0.1) is 6.61 Å². The number of rotatable bonds is 4. The van der Waals surface area contributed by atoms with E-state index < -0.39 is 0 Å². The monoisotopic (exact) mass is 299 g/mol. The largest absolute Gasteiger partial charge is 0.494 e. The van der Waals surface area contributed by atoms with E-state index in [1.54, 1.807) is 11.1 Å². The molecule has 1 saturated heterocycles. The molecule has 3 aliphatic rings. The summed E-state index contributed by atoms with van der Waals surface area (Å²) >= 11 is 0. The molecule has 0 spiro atoms. The molecule has 1 N–H and O–H groups in total. The predicted octanol–water partition coefficient (Wildman–Crippen LogP) is 4.21. The fourth-order valence-electron chi connectivity index (χ4n) is 5.33. The average Bonchev–Trinajstić information content (AvgIpc) is 2.55. The van der Waals surface area contributed by atoms with E-state index in [1.807, 2.05) is 0 Å². The molecule has 2 heteroatoms. The number of hydrogen-bond acceptors (Lipinski definition) is 2. The van der Waals surface area contributed by atoms with Crippen LogP contribution < -0.4 is 10.1 Å². The van der Waals surface area contributed by atoms with Crippen LogP contribution in [0.5, 0.6) is 5.75 Å². The Hall–Kier alpha value is -1.02. The summed E-state index contributed by atoms with van der Waals surface area (Å²) in [4.78, 5) is 0. The van der Waals surface area contributed by atoms with Crippen LogP contribution in [0, 0.1) is 5.92 Å². The first kappa shape index (κ1) is 14.6. The third-order valence-corrected chi connectivity index (χ3v) is 6.39. The summed E-state index contributed by atoms with van der Waals surface area (Å²) in [5.74, 6) is 1.95. The lowest BCUT2D eigenvalue weighted by molar-refractivity contribution is 0.0794. The lowest BCUT2D eigenvalue weighted by Gasteiger charge is -2.56. The molecule has 0 radical (unpaired) electrons. The van der Waals surface area contributed by atoms with Crippen LogP contribution in [0.4, 0.5) is 0 Å². The molecule has 22 heavy (non-hydrogen) atoms. The van der Waals surface area contributed by atoms with Gasteiger partial charge in [0.15, 0.2) is 0 Å². The van der Waals surface area contributed by atoms with E-state index in [2.05, 4.69) is 30.4 Å². The first-order valence-corrected chi connectivity index (χ1v) is 9.33. The highest BCUT2D eigenvalue weighted by molar-refractivity contribution is 5.45. The quantitative estimate of drug-likeness (QED) is 0.841. The van der Waals surface area contributed by atoms with Crippen LogP contribution in [0.3, 0.4) is 0 Å². The summed E-state index contributed by atoms with van der Waals surface area (Å²) in [7, 11) is 0. The van der Waals surface area contributed by atoms with Crippen LogP contribution >= 0.6 is 0 Å². The molecule has 1 aromatic carbocycles. The van der Waals surface area contributed by atoms with Crippen LogP contribution in [0.15, 0.2) is 18.2 Å². The molecule has 1 saturated carbocycles. The summed E-state index contributed by atoms with van der Waals surface area (Å²) in [6.07, 6.45) is 10.5. The number of unbranched alkanes of at least 4 members (excludes halogenated alkanes) is 1. The van der Waals surface area contributed by atoms with Crippen molar-refractivity contribution in [1.29, 1.82) is 0 Å². The lowest BCUT2D eigenvalue weighted by atomic mass is 9.53. The molecule has 2 fully saturated rings. The normalized spacial score (nSPS) is 33.0. The van der Waals surface area contributed by atoms with Gasteiger partial charge in [0.2, 0.25) is 0 Å². The standard InChI is InChI=1S/C20H29NO/c1-2-3-12-22-16-8-7-15-13-19-17-6-4-5-9-20(17,10-11-21-19)18(15)14-16/h7-8,14,17,19,21H,2-6,9-13H2,1H3. The fraction of sp³-hybridized carbons (Fsp3) is 0.700. The van der Waals surface area contributed by atoms with Crippen molar-refractivity contribution in [2.24, 2.45) is 5.92 Å². The zero-order chi connectivity index (χ0) is 15.0. The summed E-state index contributed by atoms with van der Waals surface area (Å²) in [5.41, 5.74) is 3.67. The van der Waals surface area contributed by atoms with Gasteiger partial charge in [-0.05, 0) is 67.8 Å². The number of piperidine rings is 1. The van der Waals surface area contributed by atoms with Gasteiger partial charge in [-0.2, -0.15) is 0 Å². The lowest BCUT2D eigenvalue weighted by Crippen LogP contribution is -2.59. The van der Waals surface area contributed by atoms with Crippen molar-refractivity contribution in [2.45, 2.75) is 69.7 Å². The molecule has 3 unspecified atom stereocenters. The highest BCUT2D eigenvalue weighted by Gasteiger charge is 2.51. The molecule has 0 aromatic heterocycles. The molecular weight excluding hydrogens is 270 g/mol. The number of fused-ring (bicyclic) bond motifs is 1. The SMILES string of the molecule is CCCCOc1ccc2c(c1)C13CCCCC1C(C2)NCC3. The zero-order valence-corrected chi connectivity index (χ0v) is 13.9. The van der Waals surface area contributed by atoms with Gasteiger partial charge in [-0.25, -0.2) is 0 Å². The third-order valence-electron chi connectivity index (χ3n) is 6.39. The molecule has 0 amide bonds. The van der Waals surface area contributed by atoms with Crippen LogP contribution in [-0.4, -0.2) is 19.2 Å². The van der Waals surface area contributed by atoms with E-state index >= 15 is 0 Å². The van der Waals surface area contributed by atoms with Crippen LogP contribution in [0.2, 0.25) is 0 Å². The fourth-order valence-corrected chi connectivity index (χ4v) is 5.33. The zero-order valence-electron chi connectivity index (χ0n) is 13.9. The molecule has 2 aliphatic carbocycles. The van der Waals surface area contributed by atoms with Crippen LogP contribution in [-0.2, 0) is 11.8 Å². The van der Waals surface area contributed by atoms with Gasteiger partial charge in [0.1, 0.15) is 5.75 Å². The minimum absolute atomic E-state index is 0.450. The Morgan fingerprint density at radius 2 is 2.23 bits per heavy atom. The van der Waals surface area contributed by atoms with Crippen molar-refractivity contribution < 1.29 is 4.74 Å². The smallest absolute Gasteiger partial charge is 0.119 e. The third kappa shape index (κ3) is 2.27. The molecule has 1 aromatic rings. The molecule has 120 valence electrons. The Morgan fingerprint density at radius 3 is 3.14 bits per heavy atom. The van der Waals surface area contributed by atoms with E-state index in [0.29, 0.717) is 11.5 Å². The topological polar surface area (TPSA) is 21.3 Å². The van der Waals surface area contributed by atoms with E-state index in [-0.39, 0.29) is 0 Å². The second-order valence-electron chi connectivity index (χ2n) is 7.54. The van der Waals surface area contributed by atoms with Crippen molar-refractivity contribution in [3.8, 4) is 5.75 Å². The summed E-state index contributed by atoms with van der Waals surface area (Å²) < 4.78 is 6.01. The minimum atomic E-state index is 0.450. The van der Waals surface area contributed by atoms with Gasteiger partial charge in [0.25, 0.3) is 0 Å². The maximum Gasteiger partial charge on any atom is 0.119 e. The summed E-state index contributed by atoms with van der Waals surface area (Å²) in [6, 6.07) is 7.67. The number of ether oxygens (including phenoxy) is 1. The number of hydrogen-bond donors (Lipinski definition) is 1. The van der Waals surface area contributed by atoms with Crippen molar-refractivity contribution in [3.05, 3.63) is 29.3 Å². The van der Waals surface area contributed by atoms with Crippen molar-refractivity contribution in [2.75, 3.05) is 13.2 Å². The Bertz CT molecular complexity index is 537. The van der Waals surface area contributed by atoms with Crippen LogP contribution in [0.25, 0.3) is 0 Å². The predicted molar refractivity (Wildman–Crippen MR) is 90.6 cm³/mol. The van der Waals surface area contributed by atoms with Gasteiger partial charge in [-0.15, -0.1) is 0 Å². The molecule has 2 bridgehead atoms. The van der Waals surface area contributed by atoms with Crippen molar-refractivity contribution in [3.63, 3.8) is 0 Å². The average molecular weight is 299 g/mol. The summed E-state index contributed by atoms with van der Waals surface area (Å²) in [6.45, 7) is 4.27. The second kappa shape index (κ2) is 5.88. The number of benzene rings is 1. The molecule has 1 heterocycles. The van der Waals surface area contributed by atoms with Crippen LogP contribution in [0.1, 0.15) is 63.0 Å². The van der Waals surface area contributed by atoms with Gasteiger partial charge in [-0.1, -0.05) is 32.3 Å². The Labute approximate surface area is 134 Å². The van der Waals surface area contributed by atoms with E-state index in [4.69, 9.17) is 4.74 Å². The minimum Gasteiger partial charge on any atom is -0.494 e. The van der Waals surface area contributed by atoms with Gasteiger partial charge in [-0.3, -0.25) is 0 Å². The second-order valence-corrected chi connectivity index (χ2v) is 7.54. The Kier molecular flexibility index (Phi) is 3.89. The first-order chi connectivity index (χ1) is 10.8. The Morgan fingerprint density at radius 1 is 1.27 bits per heavy atom. The van der Waals surface area contributed by atoms with E-state index in [1.165, 1.54) is 51.5 Å². The Balaban J connectivity index is 1.69. The van der Waals surface area contributed by atoms with Gasteiger partial charge < -0.3 is 10.1 Å². The van der Waals surface area contributed by atoms with E-state index in [0.717, 1.165) is 24.7 Å². The number of nitrogens with one attached hydrogen (secondary N) is 1. The van der Waals surface area contributed by atoms with E-state index in [9.17, 15) is 0 Å². The van der Waals surface area contributed by atoms with Crippen molar-refractivity contribution in [1.82, 2.24) is 5.32 Å². The molecular formula is C20H29NO. The molecule has 3 atom stereocenters. The highest BCUT2D eigenvalue weighted by Crippen LogP contribution is 2.54. The highest BCUT2D eigenvalue weighted by atomic mass is 16.5. The molecule has 2 nitrogen and oxygen atoms in total. The summed E-state index contributed by atoms with van der Waals surface area (Å²) in [5, 5.41) is 3.81. The molecule has 1 aliphatic heterocycles.